The third-order valence-corrected chi connectivity index (χ3v) is 5.20. The maximum absolute atomic E-state index is 6.32. The molecule has 0 amide bonds. The third kappa shape index (κ3) is 3.84. The molecule has 1 fully saturated rings. The lowest BCUT2D eigenvalue weighted by Crippen LogP contribution is -2.33. The maximum Gasteiger partial charge on any atom is 0.0897 e. The molecule has 0 radical (unpaired) electrons. The molecule has 5 heteroatoms. The van der Waals surface area contributed by atoms with Crippen LogP contribution in [-0.4, -0.2) is 38.9 Å². The molecule has 0 N–H and O–H groups in total. The van der Waals surface area contributed by atoms with Gasteiger partial charge in [0.2, 0.25) is 0 Å². The van der Waals surface area contributed by atoms with Crippen molar-refractivity contribution in [3.8, 4) is 0 Å². The Kier molecular flexibility index (Phi) is 4.90. The molecule has 2 aromatic rings. The van der Waals surface area contributed by atoms with Crippen LogP contribution in [0.1, 0.15) is 36.9 Å². The predicted octanol–water partition coefficient (Wildman–Crippen LogP) is 2.87. The number of ether oxygens (including phenoxy) is 1. The SMILES string of the molecule is c1cncc(CN2Cc3ccnn3CC(OCC3CCCC3)C2)c1. The minimum atomic E-state index is 0.212. The fourth-order valence-corrected chi connectivity index (χ4v) is 3.92. The second-order valence-electron chi connectivity index (χ2n) is 7.14. The van der Waals surface area contributed by atoms with E-state index in [9.17, 15) is 0 Å². The van der Waals surface area contributed by atoms with E-state index in [2.05, 4.69) is 31.8 Å². The minimum Gasteiger partial charge on any atom is -0.375 e. The lowest BCUT2D eigenvalue weighted by Gasteiger charge is -2.25. The van der Waals surface area contributed by atoms with Gasteiger partial charge in [0, 0.05) is 44.8 Å². The standard InChI is InChI=1S/C19H26N4O/c1-2-5-16(4-1)15-24-19-13-22(11-17-6-3-8-20-10-17)12-18-7-9-21-23(18)14-19/h3,6-10,16,19H,1-2,4-5,11-15H2. The zero-order chi connectivity index (χ0) is 16.2. The van der Waals surface area contributed by atoms with Crippen LogP contribution in [0.3, 0.4) is 0 Å². The molecule has 0 saturated heterocycles. The van der Waals surface area contributed by atoms with E-state index in [0.29, 0.717) is 0 Å². The van der Waals surface area contributed by atoms with Gasteiger partial charge in [0.25, 0.3) is 0 Å². The summed E-state index contributed by atoms with van der Waals surface area (Å²) in [5, 5.41) is 4.49. The summed E-state index contributed by atoms with van der Waals surface area (Å²) in [5.41, 5.74) is 2.52. The van der Waals surface area contributed by atoms with Gasteiger partial charge in [0.1, 0.15) is 0 Å². The van der Waals surface area contributed by atoms with Gasteiger partial charge in [-0.3, -0.25) is 14.6 Å². The second kappa shape index (κ2) is 7.45. The van der Waals surface area contributed by atoms with E-state index in [1.165, 1.54) is 36.9 Å². The van der Waals surface area contributed by atoms with E-state index < -0.39 is 0 Å². The molecule has 24 heavy (non-hydrogen) atoms. The molecule has 0 spiro atoms. The summed E-state index contributed by atoms with van der Waals surface area (Å²) in [6, 6.07) is 6.27. The van der Waals surface area contributed by atoms with Crippen LogP contribution in [0.25, 0.3) is 0 Å². The number of rotatable bonds is 5. The predicted molar refractivity (Wildman–Crippen MR) is 92.3 cm³/mol. The van der Waals surface area contributed by atoms with E-state index in [1.54, 1.807) is 0 Å². The Balaban J connectivity index is 1.43. The van der Waals surface area contributed by atoms with E-state index in [1.807, 2.05) is 24.7 Å². The topological polar surface area (TPSA) is 43.2 Å². The van der Waals surface area contributed by atoms with Crippen molar-refractivity contribution in [3.05, 3.63) is 48.0 Å². The summed E-state index contributed by atoms with van der Waals surface area (Å²) in [6.45, 7) is 4.53. The molecule has 0 aromatic carbocycles. The van der Waals surface area contributed by atoms with Gasteiger partial charge in [-0.15, -0.1) is 0 Å². The van der Waals surface area contributed by atoms with Gasteiger partial charge in [-0.05, 0) is 36.5 Å². The first-order valence-corrected chi connectivity index (χ1v) is 9.10. The summed E-state index contributed by atoms with van der Waals surface area (Å²) in [4.78, 5) is 6.70. The molecule has 128 valence electrons. The average molecular weight is 326 g/mol. The van der Waals surface area contributed by atoms with Gasteiger partial charge in [0.05, 0.1) is 18.3 Å². The zero-order valence-electron chi connectivity index (χ0n) is 14.2. The van der Waals surface area contributed by atoms with E-state index in [-0.39, 0.29) is 6.10 Å². The van der Waals surface area contributed by atoms with Crippen LogP contribution >= 0.6 is 0 Å². The number of fused-ring (bicyclic) bond motifs is 1. The first-order chi connectivity index (χ1) is 11.9. The normalized spacial score (nSPS) is 22.4. The lowest BCUT2D eigenvalue weighted by atomic mass is 10.1. The van der Waals surface area contributed by atoms with Crippen molar-refractivity contribution < 1.29 is 4.74 Å². The van der Waals surface area contributed by atoms with E-state index in [0.717, 1.165) is 38.7 Å². The summed E-state index contributed by atoms with van der Waals surface area (Å²) >= 11 is 0. The van der Waals surface area contributed by atoms with Gasteiger partial charge in [-0.1, -0.05) is 18.9 Å². The van der Waals surface area contributed by atoms with Crippen molar-refractivity contribution in [1.82, 2.24) is 19.7 Å². The highest BCUT2D eigenvalue weighted by atomic mass is 16.5. The summed E-state index contributed by atoms with van der Waals surface area (Å²) in [7, 11) is 0. The fourth-order valence-electron chi connectivity index (χ4n) is 3.92. The third-order valence-electron chi connectivity index (χ3n) is 5.20. The lowest BCUT2D eigenvalue weighted by molar-refractivity contribution is 0.000478. The van der Waals surface area contributed by atoms with Crippen molar-refractivity contribution in [1.29, 1.82) is 0 Å². The molecule has 1 aliphatic heterocycles. The molecular formula is C19H26N4O. The van der Waals surface area contributed by atoms with Crippen molar-refractivity contribution in [3.63, 3.8) is 0 Å². The Hall–Kier alpha value is -1.72. The van der Waals surface area contributed by atoms with E-state index >= 15 is 0 Å². The zero-order valence-corrected chi connectivity index (χ0v) is 14.2. The van der Waals surface area contributed by atoms with Gasteiger partial charge in [0.15, 0.2) is 0 Å². The molecule has 0 bridgehead atoms. The largest absolute Gasteiger partial charge is 0.375 e. The average Bonchev–Trinajstić information content (AvgIpc) is 3.23. The summed E-state index contributed by atoms with van der Waals surface area (Å²) < 4.78 is 8.44. The molecule has 2 aromatic heterocycles. The van der Waals surface area contributed by atoms with Crippen LogP contribution in [0.15, 0.2) is 36.8 Å². The van der Waals surface area contributed by atoms with Crippen LogP contribution in [0.2, 0.25) is 0 Å². The van der Waals surface area contributed by atoms with Crippen molar-refractivity contribution in [2.45, 2.75) is 51.4 Å². The van der Waals surface area contributed by atoms with Crippen LogP contribution < -0.4 is 0 Å². The maximum atomic E-state index is 6.32. The molecule has 2 aliphatic rings. The number of hydrogen-bond donors (Lipinski definition) is 0. The van der Waals surface area contributed by atoms with Crippen LogP contribution in [-0.2, 0) is 24.4 Å². The summed E-state index contributed by atoms with van der Waals surface area (Å²) in [5.74, 6) is 0.761. The molecular weight excluding hydrogens is 300 g/mol. The molecule has 1 unspecified atom stereocenters. The van der Waals surface area contributed by atoms with Crippen LogP contribution in [0.4, 0.5) is 0 Å². The second-order valence-corrected chi connectivity index (χ2v) is 7.14. The molecule has 1 aliphatic carbocycles. The minimum absolute atomic E-state index is 0.212. The Labute approximate surface area is 143 Å². The van der Waals surface area contributed by atoms with Crippen molar-refractivity contribution >= 4 is 0 Å². The Morgan fingerprint density at radius 3 is 2.88 bits per heavy atom. The van der Waals surface area contributed by atoms with Crippen molar-refractivity contribution in [2.75, 3.05) is 13.2 Å². The fraction of sp³-hybridized carbons (Fsp3) is 0.579. The van der Waals surface area contributed by atoms with Gasteiger partial charge >= 0.3 is 0 Å². The highest BCUT2D eigenvalue weighted by Gasteiger charge is 2.24. The highest BCUT2D eigenvalue weighted by molar-refractivity contribution is 5.09. The van der Waals surface area contributed by atoms with Gasteiger partial charge in [-0.2, -0.15) is 5.10 Å². The smallest absolute Gasteiger partial charge is 0.0897 e. The van der Waals surface area contributed by atoms with Crippen molar-refractivity contribution in [2.24, 2.45) is 5.92 Å². The number of hydrogen-bond acceptors (Lipinski definition) is 4. The van der Waals surface area contributed by atoms with Crippen LogP contribution in [0.5, 0.6) is 0 Å². The number of aromatic nitrogens is 3. The summed E-state index contributed by atoms with van der Waals surface area (Å²) in [6.07, 6.45) is 11.3. The van der Waals surface area contributed by atoms with Crippen LogP contribution in [0, 0.1) is 5.92 Å². The Morgan fingerprint density at radius 1 is 1.12 bits per heavy atom. The monoisotopic (exact) mass is 326 g/mol. The number of nitrogens with zero attached hydrogens (tertiary/aromatic N) is 4. The van der Waals surface area contributed by atoms with E-state index in [4.69, 9.17) is 4.74 Å². The van der Waals surface area contributed by atoms with Gasteiger partial charge in [-0.25, -0.2) is 0 Å². The number of pyridine rings is 1. The Bertz CT molecular complexity index is 636. The molecule has 3 heterocycles. The Morgan fingerprint density at radius 2 is 2.04 bits per heavy atom. The first kappa shape index (κ1) is 15.8. The van der Waals surface area contributed by atoms with Gasteiger partial charge < -0.3 is 4.74 Å². The first-order valence-electron chi connectivity index (χ1n) is 9.10. The highest BCUT2D eigenvalue weighted by Crippen LogP contribution is 2.26. The molecule has 1 atom stereocenters. The molecule has 1 saturated carbocycles. The quantitative estimate of drug-likeness (QED) is 0.847. The molecule has 4 rings (SSSR count). The molecule has 5 nitrogen and oxygen atoms in total.